The Morgan fingerprint density at radius 2 is 1.87 bits per heavy atom. The molecule has 1 atom stereocenters. The highest BCUT2D eigenvalue weighted by atomic mass is 16.2. The lowest BCUT2D eigenvalue weighted by Gasteiger charge is -2.25. The minimum Gasteiger partial charge on any atom is -0.382 e. The predicted octanol–water partition coefficient (Wildman–Crippen LogP) is 2.59. The molecule has 5 nitrogen and oxygen atoms in total. The van der Waals surface area contributed by atoms with Crippen LogP contribution in [0, 0.1) is 5.92 Å². The van der Waals surface area contributed by atoms with Crippen LogP contribution in [0.4, 0.5) is 5.82 Å². The van der Waals surface area contributed by atoms with Crippen LogP contribution >= 0.6 is 0 Å². The van der Waals surface area contributed by atoms with Gasteiger partial charge in [-0.05, 0) is 30.7 Å². The van der Waals surface area contributed by atoms with E-state index in [0.29, 0.717) is 5.92 Å². The largest absolute Gasteiger partial charge is 0.382 e. The van der Waals surface area contributed by atoms with Crippen molar-refractivity contribution in [2.24, 2.45) is 5.92 Å². The van der Waals surface area contributed by atoms with Gasteiger partial charge in [0.25, 0.3) is 5.91 Å². The quantitative estimate of drug-likeness (QED) is 0.889. The summed E-state index contributed by atoms with van der Waals surface area (Å²) in [5.41, 5.74) is 7.21. The van der Waals surface area contributed by atoms with E-state index in [-0.39, 0.29) is 23.5 Å². The monoisotopic (exact) mass is 310 g/mol. The van der Waals surface area contributed by atoms with Gasteiger partial charge in [0, 0.05) is 18.4 Å². The molecule has 0 radical (unpaired) electrons. The second kappa shape index (κ2) is 7.22. The van der Waals surface area contributed by atoms with Crippen LogP contribution in [0.5, 0.6) is 0 Å². The molecule has 0 spiro atoms. The van der Waals surface area contributed by atoms with Crippen molar-refractivity contribution in [1.29, 1.82) is 0 Å². The number of amides is 1. The van der Waals surface area contributed by atoms with E-state index in [0.717, 1.165) is 19.3 Å². The van der Waals surface area contributed by atoms with Crippen LogP contribution in [0.3, 0.4) is 0 Å². The first-order chi connectivity index (χ1) is 11.2. The van der Waals surface area contributed by atoms with Gasteiger partial charge in [-0.3, -0.25) is 4.79 Å². The zero-order valence-corrected chi connectivity index (χ0v) is 13.1. The molecule has 1 amide bonds. The Balaban J connectivity index is 1.75. The van der Waals surface area contributed by atoms with Crippen LogP contribution in [0.2, 0.25) is 0 Å². The Labute approximate surface area is 136 Å². The van der Waals surface area contributed by atoms with E-state index in [9.17, 15) is 4.79 Å². The molecule has 0 saturated heterocycles. The number of nitrogens with zero attached hydrogens (tertiary/aromatic N) is 2. The van der Waals surface area contributed by atoms with Crippen molar-refractivity contribution in [2.45, 2.75) is 38.1 Å². The van der Waals surface area contributed by atoms with E-state index in [1.165, 1.54) is 30.8 Å². The highest BCUT2D eigenvalue weighted by Gasteiger charge is 2.27. The summed E-state index contributed by atoms with van der Waals surface area (Å²) in [6.07, 6.45) is 8.61. The fourth-order valence-corrected chi connectivity index (χ4v) is 3.32. The third kappa shape index (κ3) is 3.86. The van der Waals surface area contributed by atoms with Gasteiger partial charge in [-0.15, -0.1) is 0 Å². The summed E-state index contributed by atoms with van der Waals surface area (Å²) in [6.45, 7) is 0. The molecule has 1 saturated carbocycles. The van der Waals surface area contributed by atoms with E-state index in [1.54, 1.807) is 0 Å². The topological polar surface area (TPSA) is 80.9 Å². The molecular weight excluding hydrogens is 288 g/mol. The smallest absolute Gasteiger partial charge is 0.273 e. The van der Waals surface area contributed by atoms with Crippen LogP contribution in [0.15, 0.2) is 42.7 Å². The minimum atomic E-state index is -0.233. The third-order valence-corrected chi connectivity index (χ3v) is 4.53. The Morgan fingerprint density at radius 1 is 1.17 bits per heavy atom. The number of anilines is 1. The molecule has 1 aliphatic carbocycles. The number of nitrogens with two attached hydrogens (primary N) is 1. The number of aromatic nitrogens is 2. The number of carbonyl (C=O) groups excluding carboxylic acids is 1. The lowest BCUT2D eigenvalue weighted by atomic mass is 9.92. The molecule has 0 unspecified atom stereocenters. The molecule has 1 aliphatic rings. The molecule has 5 heteroatoms. The fourth-order valence-electron chi connectivity index (χ4n) is 3.32. The van der Waals surface area contributed by atoms with Crippen LogP contribution in [-0.4, -0.2) is 21.9 Å². The first kappa shape index (κ1) is 15.5. The minimum absolute atomic E-state index is 0.105. The standard InChI is InChI=1S/C18H22N4O/c19-17-16(20-10-11-21-17)18(23)22-15(14-8-4-5-9-14)12-13-6-2-1-3-7-13/h1-3,6-7,10-11,14-15H,4-5,8-9,12H2,(H2,19,21)(H,22,23)/t15-/m1/s1. The number of hydrogen-bond donors (Lipinski definition) is 2. The second-order valence-electron chi connectivity index (χ2n) is 6.10. The van der Waals surface area contributed by atoms with Crippen molar-refractivity contribution in [3.05, 3.63) is 54.0 Å². The number of hydrogen-bond acceptors (Lipinski definition) is 4. The van der Waals surface area contributed by atoms with E-state index >= 15 is 0 Å². The zero-order valence-electron chi connectivity index (χ0n) is 13.1. The molecule has 23 heavy (non-hydrogen) atoms. The fraction of sp³-hybridized carbons (Fsp3) is 0.389. The van der Waals surface area contributed by atoms with E-state index in [1.807, 2.05) is 18.2 Å². The maximum Gasteiger partial charge on any atom is 0.273 e. The van der Waals surface area contributed by atoms with Crippen molar-refractivity contribution in [3.63, 3.8) is 0 Å². The lowest BCUT2D eigenvalue weighted by Crippen LogP contribution is -2.41. The van der Waals surface area contributed by atoms with Crippen LogP contribution in [0.25, 0.3) is 0 Å². The molecule has 3 rings (SSSR count). The average molecular weight is 310 g/mol. The predicted molar refractivity (Wildman–Crippen MR) is 89.8 cm³/mol. The first-order valence-electron chi connectivity index (χ1n) is 8.15. The Hall–Kier alpha value is -2.43. The first-order valence-corrected chi connectivity index (χ1v) is 8.15. The average Bonchev–Trinajstić information content (AvgIpc) is 3.10. The van der Waals surface area contributed by atoms with Crippen LogP contribution < -0.4 is 11.1 Å². The maximum absolute atomic E-state index is 12.5. The lowest BCUT2D eigenvalue weighted by molar-refractivity contribution is 0.0917. The van der Waals surface area contributed by atoms with E-state index in [4.69, 9.17) is 5.73 Å². The number of carbonyl (C=O) groups is 1. The molecule has 0 bridgehead atoms. The maximum atomic E-state index is 12.5. The zero-order chi connectivity index (χ0) is 16.1. The van der Waals surface area contributed by atoms with Crippen molar-refractivity contribution in [3.8, 4) is 0 Å². The third-order valence-electron chi connectivity index (χ3n) is 4.53. The molecule has 120 valence electrons. The summed E-state index contributed by atoms with van der Waals surface area (Å²) in [5.74, 6) is 0.454. The summed E-state index contributed by atoms with van der Waals surface area (Å²) in [7, 11) is 0. The molecule has 1 aromatic heterocycles. The summed E-state index contributed by atoms with van der Waals surface area (Å²) in [6, 6.07) is 10.4. The van der Waals surface area contributed by atoms with Crippen molar-refractivity contribution in [1.82, 2.24) is 15.3 Å². The van der Waals surface area contributed by atoms with Gasteiger partial charge in [0.1, 0.15) is 0 Å². The van der Waals surface area contributed by atoms with Crippen LogP contribution in [-0.2, 0) is 6.42 Å². The summed E-state index contributed by atoms with van der Waals surface area (Å²) in [4.78, 5) is 20.5. The SMILES string of the molecule is Nc1nccnc1C(=O)N[C@H](Cc1ccccc1)C1CCCC1. The molecule has 0 aliphatic heterocycles. The van der Waals surface area contributed by atoms with Gasteiger partial charge in [0.2, 0.25) is 0 Å². The van der Waals surface area contributed by atoms with Gasteiger partial charge in [-0.25, -0.2) is 9.97 Å². The van der Waals surface area contributed by atoms with E-state index < -0.39 is 0 Å². The summed E-state index contributed by atoms with van der Waals surface area (Å²) >= 11 is 0. The molecule has 1 heterocycles. The molecule has 2 aromatic rings. The van der Waals surface area contributed by atoms with Crippen molar-refractivity contribution < 1.29 is 4.79 Å². The van der Waals surface area contributed by atoms with Gasteiger partial charge in [-0.2, -0.15) is 0 Å². The van der Waals surface area contributed by atoms with Crippen molar-refractivity contribution >= 4 is 11.7 Å². The normalized spacial score (nSPS) is 16.2. The Bertz CT molecular complexity index is 653. The Morgan fingerprint density at radius 3 is 2.57 bits per heavy atom. The summed E-state index contributed by atoms with van der Waals surface area (Å²) in [5, 5.41) is 3.14. The van der Waals surface area contributed by atoms with Gasteiger partial charge >= 0.3 is 0 Å². The highest BCUT2D eigenvalue weighted by molar-refractivity contribution is 5.96. The Kier molecular flexibility index (Phi) is 4.86. The van der Waals surface area contributed by atoms with Gasteiger partial charge in [-0.1, -0.05) is 43.2 Å². The number of benzene rings is 1. The molecule has 1 fully saturated rings. The van der Waals surface area contributed by atoms with Crippen LogP contribution in [0.1, 0.15) is 41.7 Å². The molecule has 1 aromatic carbocycles. The number of rotatable bonds is 5. The number of nitrogens with one attached hydrogen (secondary N) is 1. The highest BCUT2D eigenvalue weighted by Crippen LogP contribution is 2.29. The van der Waals surface area contributed by atoms with E-state index in [2.05, 4.69) is 27.4 Å². The van der Waals surface area contributed by atoms with Gasteiger partial charge < -0.3 is 11.1 Å². The second-order valence-corrected chi connectivity index (χ2v) is 6.10. The van der Waals surface area contributed by atoms with Gasteiger partial charge in [0.15, 0.2) is 11.5 Å². The van der Waals surface area contributed by atoms with Gasteiger partial charge in [0.05, 0.1) is 0 Å². The molecule has 3 N–H and O–H groups in total. The number of nitrogen functional groups attached to an aromatic ring is 1. The summed E-state index contributed by atoms with van der Waals surface area (Å²) < 4.78 is 0. The van der Waals surface area contributed by atoms with Crippen molar-refractivity contribution in [2.75, 3.05) is 5.73 Å². The molecular formula is C18H22N4O.